The zero-order valence-corrected chi connectivity index (χ0v) is 17.9. The molecule has 0 aromatic heterocycles. The molecular weight excluding hydrogens is 457 g/mol. The average molecular weight is 483 g/mol. The van der Waals surface area contributed by atoms with Gasteiger partial charge in [-0.05, 0) is 38.1 Å². The number of aliphatic imine (C=N–C) groups is 1. The molecule has 0 saturated carbocycles. The van der Waals surface area contributed by atoms with Crippen LogP contribution in [-0.2, 0) is 0 Å². The second-order valence-corrected chi connectivity index (χ2v) is 6.30. The molecule has 3 N–H and O–H groups in total. The second-order valence-electron chi connectivity index (χ2n) is 6.30. The molecule has 0 saturated heterocycles. The quantitative estimate of drug-likeness (QED) is 0.383. The lowest BCUT2D eigenvalue weighted by Gasteiger charge is -2.14. The van der Waals surface area contributed by atoms with Gasteiger partial charge in [-0.25, -0.2) is 4.99 Å². The summed E-state index contributed by atoms with van der Waals surface area (Å²) >= 11 is 0. The molecule has 0 aliphatic carbocycles. The molecule has 0 fully saturated rings. The Labute approximate surface area is 177 Å². The molecule has 2 aromatic carbocycles. The maximum absolute atomic E-state index is 5.99. The van der Waals surface area contributed by atoms with Crippen LogP contribution >= 0.6 is 24.0 Å². The van der Waals surface area contributed by atoms with Crippen molar-refractivity contribution < 1.29 is 14.2 Å². The van der Waals surface area contributed by atoms with E-state index in [1.807, 2.05) is 56.3 Å². The first kappa shape index (κ1) is 21.1. The highest BCUT2D eigenvalue weighted by atomic mass is 127. The van der Waals surface area contributed by atoms with Crippen molar-refractivity contribution in [3.05, 3.63) is 48.0 Å². The number of nitrogens with one attached hydrogen (secondary N) is 1. The van der Waals surface area contributed by atoms with Gasteiger partial charge in [0.25, 0.3) is 0 Å². The molecule has 6 nitrogen and oxygen atoms in total. The van der Waals surface area contributed by atoms with Gasteiger partial charge < -0.3 is 25.3 Å². The van der Waals surface area contributed by atoms with Crippen molar-refractivity contribution in [2.24, 2.45) is 10.7 Å². The van der Waals surface area contributed by atoms with Gasteiger partial charge in [-0.3, -0.25) is 0 Å². The predicted octanol–water partition coefficient (Wildman–Crippen LogP) is 3.97. The largest absolute Gasteiger partial charge is 0.490 e. The van der Waals surface area contributed by atoms with Gasteiger partial charge in [-0.1, -0.05) is 17.7 Å². The molecule has 0 spiro atoms. The Kier molecular flexibility index (Phi) is 8.02. The van der Waals surface area contributed by atoms with E-state index < -0.39 is 0 Å². The van der Waals surface area contributed by atoms with E-state index >= 15 is 0 Å². The van der Waals surface area contributed by atoms with E-state index in [0.29, 0.717) is 25.7 Å². The fourth-order valence-electron chi connectivity index (χ4n) is 2.54. The summed E-state index contributed by atoms with van der Waals surface area (Å²) in [6.45, 7) is 5.78. The summed E-state index contributed by atoms with van der Waals surface area (Å²) in [5.41, 5.74) is 7.99. The van der Waals surface area contributed by atoms with E-state index in [-0.39, 0.29) is 30.1 Å². The number of fused-ring (bicyclic) bond motifs is 1. The Morgan fingerprint density at radius 3 is 2.59 bits per heavy atom. The van der Waals surface area contributed by atoms with Crippen molar-refractivity contribution in [1.29, 1.82) is 0 Å². The third-order valence-corrected chi connectivity index (χ3v) is 3.90. The molecule has 0 bridgehead atoms. The van der Waals surface area contributed by atoms with Crippen LogP contribution in [0.1, 0.15) is 18.9 Å². The molecule has 1 unspecified atom stereocenters. The number of nitrogens with zero attached hydrogens (tertiary/aromatic N) is 1. The number of benzene rings is 2. The van der Waals surface area contributed by atoms with Crippen molar-refractivity contribution in [3.8, 4) is 17.2 Å². The molecule has 1 atom stereocenters. The van der Waals surface area contributed by atoms with Crippen molar-refractivity contribution >= 4 is 35.6 Å². The summed E-state index contributed by atoms with van der Waals surface area (Å²) in [5.74, 6) is 2.63. The highest BCUT2D eigenvalue weighted by molar-refractivity contribution is 14.0. The summed E-state index contributed by atoms with van der Waals surface area (Å²) in [7, 11) is 0. The standard InChI is InChI=1S/C20H25N3O3.HI/c1-14-4-7-17(8-5-14)26-15(2)13-22-20(21)23-16-6-9-18-19(12-16)25-11-3-10-24-18;/h4-9,12,15H,3,10-11,13H2,1-2H3,(H3,21,22,23);1H. The van der Waals surface area contributed by atoms with Gasteiger partial charge >= 0.3 is 0 Å². The zero-order chi connectivity index (χ0) is 18.4. The lowest BCUT2D eigenvalue weighted by Crippen LogP contribution is -2.25. The van der Waals surface area contributed by atoms with Crippen molar-refractivity contribution in [2.75, 3.05) is 25.1 Å². The van der Waals surface area contributed by atoms with Crippen LogP contribution < -0.4 is 25.3 Å². The molecule has 2 aromatic rings. The molecule has 0 radical (unpaired) electrons. The summed E-state index contributed by atoms with van der Waals surface area (Å²) in [6.07, 6.45) is 0.793. The third kappa shape index (κ3) is 6.50. The fourth-order valence-corrected chi connectivity index (χ4v) is 2.54. The Bertz CT molecular complexity index is 766. The molecule has 1 heterocycles. The smallest absolute Gasteiger partial charge is 0.193 e. The van der Waals surface area contributed by atoms with E-state index in [0.717, 1.165) is 29.4 Å². The maximum Gasteiger partial charge on any atom is 0.193 e. The highest BCUT2D eigenvalue weighted by Crippen LogP contribution is 2.32. The molecule has 27 heavy (non-hydrogen) atoms. The zero-order valence-electron chi connectivity index (χ0n) is 15.6. The number of guanidine groups is 1. The lowest BCUT2D eigenvalue weighted by atomic mass is 10.2. The SMILES string of the molecule is Cc1ccc(OC(C)CN=C(N)Nc2ccc3c(c2)OCCCO3)cc1.I. The summed E-state index contributed by atoms with van der Waals surface area (Å²) in [4.78, 5) is 4.35. The van der Waals surface area contributed by atoms with Crippen molar-refractivity contribution in [1.82, 2.24) is 0 Å². The lowest BCUT2D eigenvalue weighted by molar-refractivity contribution is 0.230. The van der Waals surface area contributed by atoms with E-state index in [9.17, 15) is 0 Å². The fraction of sp³-hybridized carbons (Fsp3) is 0.350. The first-order valence-corrected chi connectivity index (χ1v) is 8.80. The van der Waals surface area contributed by atoms with Crippen LogP contribution in [-0.4, -0.2) is 31.8 Å². The number of anilines is 1. The molecule has 1 aliphatic heterocycles. The number of aryl methyl sites for hydroxylation is 1. The van der Waals surface area contributed by atoms with E-state index in [1.165, 1.54) is 5.56 Å². The van der Waals surface area contributed by atoms with Crippen molar-refractivity contribution in [3.63, 3.8) is 0 Å². The monoisotopic (exact) mass is 483 g/mol. The van der Waals surface area contributed by atoms with Crippen LogP contribution in [0.2, 0.25) is 0 Å². The van der Waals surface area contributed by atoms with Gasteiger partial charge in [-0.2, -0.15) is 0 Å². The number of hydrogen-bond donors (Lipinski definition) is 2. The van der Waals surface area contributed by atoms with E-state index in [4.69, 9.17) is 19.9 Å². The highest BCUT2D eigenvalue weighted by Gasteiger charge is 2.11. The van der Waals surface area contributed by atoms with Crippen LogP contribution in [0.15, 0.2) is 47.5 Å². The summed E-state index contributed by atoms with van der Waals surface area (Å²) in [5, 5.41) is 3.08. The maximum atomic E-state index is 5.99. The van der Waals surface area contributed by atoms with Crippen LogP contribution in [0.4, 0.5) is 5.69 Å². The molecule has 146 valence electrons. The van der Waals surface area contributed by atoms with Crippen LogP contribution in [0.25, 0.3) is 0 Å². The van der Waals surface area contributed by atoms with Gasteiger partial charge in [0.1, 0.15) is 11.9 Å². The van der Waals surface area contributed by atoms with Gasteiger partial charge in [-0.15, -0.1) is 24.0 Å². The first-order chi connectivity index (χ1) is 12.6. The minimum Gasteiger partial charge on any atom is -0.490 e. The van der Waals surface area contributed by atoms with Crippen LogP contribution in [0, 0.1) is 6.92 Å². The number of ether oxygens (including phenoxy) is 3. The minimum atomic E-state index is -0.0816. The molecule has 1 aliphatic rings. The molecule has 0 amide bonds. The average Bonchev–Trinajstić information content (AvgIpc) is 2.87. The van der Waals surface area contributed by atoms with Crippen LogP contribution in [0.3, 0.4) is 0 Å². The normalized spacial score (nSPS) is 14.5. The van der Waals surface area contributed by atoms with Crippen LogP contribution in [0.5, 0.6) is 17.2 Å². The topological polar surface area (TPSA) is 78.1 Å². The van der Waals surface area contributed by atoms with E-state index in [1.54, 1.807) is 0 Å². The van der Waals surface area contributed by atoms with Gasteiger partial charge in [0.05, 0.1) is 19.8 Å². The van der Waals surface area contributed by atoms with Gasteiger partial charge in [0.2, 0.25) is 0 Å². The summed E-state index contributed by atoms with van der Waals surface area (Å²) < 4.78 is 17.1. The molecular formula is C20H26IN3O3. The van der Waals surface area contributed by atoms with Crippen molar-refractivity contribution in [2.45, 2.75) is 26.4 Å². The molecule has 7 heteroatoms. The third-order valence-electron chi connectivity index (χ3n) is 3.90. The number of halogens is 1. The number of nitrogens with two attached hydrogens (primary N) is 1. The summed E-state index contributed by atoms with van der Waals surface area (Å²) in [6, 6.07) is 13.6. The second kappa shape index (κ2) is 10.2. The Morgan fingerprint density at radius 2 is 1.85 bits per heavy atom. The first-order valence-electron chi connectivity index (χ1n) is 8.80. The Balaban J connectivity index is 0.00000261. The van der Waals surface area contributed by atoms with Gasteiger partial charge in [0.15, 0.2) is 17.5 Å². The Hall–Kier alpha value is -2.16. The van der Waals surface area contributed by atoms with E-state index in [2.05, 4.69) is 10.3 Å². The number of hydrogen-bond acceptors (Lipinski definition) is 4. The number of rotatable bonds is 5. The predicted molar refractivity (Wildman–Crippen MR) is 119 cm³/mol. The van der Waals surface area contributed by atoms with Gasteiger partial charge in [0, 0.05) is 18.2 Å². The minimum absolute atomic E-state index is 0. The molecule has 3 rings (SSSR count). The Morgan fingerprint density at radius 1 is 1.15 bits per heavy atom.